The fourth-order valence-electron chi connectivity index (χ4n) is 1.75. The molecule has 1 aromatic carbocycles. The van der Waals surface area contributed by atoms with E-state index in [0.29, 0.717) is 5.03 Å². The van der Waals surface area contributed by atoms with Gasteiger partial charge in [0.2, 0.25) is 0 Å². The van der Waals surface area contributed by atoms with Gasteiger partial charge < -0.3 is 5.21 Å². The van der Waals surface area contributed by atoms with Crippen LogP contribution in [0.4, 0.5) is 0 Å². The lowest BCUT2D eigenvalue weighted by Crippen LogP contribution is -2.04. The quantitative estimate of drug-likeness (QED) is 0.475. The van der Waals surface area contributed by atoms with Gasteiger partial charge in [0, 0.05) is 10.0 Å². The van der Waals surface area contributed by atoms with E-state index in [1.54, 1.807) is 0 Å². The Balaban J connectivity index is 2.59. The molecule has 0 heterocycles. The van der Waals surface area contributed by atoms with Gasteiger partial charge in [0.15, 0.2) is 0 Å². The highest BCUT2D eigenvalue weighted by atomic mass is 79.9. The summed E-state index contributed by atoms with van der Waals surface area (Å²) in [4.78, 5) is 0. The minimum absolute atomic E-state index is 0.668. The lowest BCUT2D eigenvalue weighted by atomic mass is 9.92. The normalized spacial score (nSPS) is 15.9. The maximum absolute atomic E-state index is 8.52. The first kappa shape index (κ1) is 10.7. The molecule has 0 amide bonds. The molecule has 0 aromatic heterocycles. The number of halogens is 2. The summed E-state index contributed by atoms with van der Waals surface area (Å²) < 4.78 is 0.980. The topological polar surface area (TPSA) is 32.6 Å². The standard InChI is InChI=1S/C11H9BrClNO/c12-9-3-1-2-7-4-5-8(6-14-15)11(13)10(7)9/h1-3,6,15H,4-5H2/b14-6+. The van der Waals surface area contributed by atoms with E-state index in [1.807, 2.05) is 12.1 Å². The van der Waals surface area contributed by atoms with E-state index >= 15 is 0 Å². The summed E-state index contributed by atoms with van der Waals surface area (Å²) in [6, 6.07) is 6.02. The molecule has 0 aliphatic heterocycles. The number of aryl methyl sites for hydroxylation is 1. The van der Waals surface area contributed by atoms with E-state index in [-0.39, 0.29) is 0 Å². The Kier molecular flexibility index (Phi) is 3.12. The third kappa shape index (κ3) is 1.94. The van der Waals surface area contributed by atoms with Crippen molar-refractivity contribution in [2.45, 2.75) is 12.8 Å². The van der Waals surface area contributed by atoms with Gasteiger partial charge in [0.25, 0.3) is 0 Å². The molecule has 15 heavy (non-hydrogen) atoms. The number of nitrogens with zero attached hydrogens (tertiary/aromatic N) is 1. The van der Waals surface area contributed by atoms with Crippen LogP contribution in [0.25, 0.3) is 5.03 Å². The Morgan fingerprint density at radius 2 is 2.20 bits per heavy atom. The van der Waals surface area contributed by atoms with E-state index < -0.39 is 0 Å². The molecule has 0 atom stereocenters. The van der Waals surface area contributed by atoms with Crippen LogP contribution in [-0.2, 0) is 6.42 Å². The van der Waals surface area contributed by atoms with Crippen LogP contribution in [0.1, 0.15) is 17.5 Å². The van der Waals surface area contributed by atoms with Crippen LogP contribution in [-0.4, -0.2) is 11.4 Å². The van der Waals surface area contributed by atoms with Crippen molar-refractivity contribution in [1.29, 1.82) is 0 Å². The maximum Gasteiger partial charge on any atom is 0.0708 e. The highest BCUT2D eigenvalue weighted by Gasteiger charge is 2.18. The van der Waals surface area contributed by atoms with Gasteiger partial charge in [-0.25, -0.2) is 0 Å². The van der Waals surface area contributed by atoms with Crippen LogP contribution < -0.4 is 0 Å². The predicted octanol–water partition coefficient (Wildman–Crippen LogP) is 3.81. The lowest BCUT2D eigenvalue weighted by Gasteiger charge is -2.18. The van der Waals surface area contributed by atoms with E-state index in [2.05, 4.69) is 27.2 Å². The molecule has 2 rings (SSSR count). The molecule has 1 N–H and O–H groups in total. The zero-order chi connectivity index (χ0) is 10.8. The van der Waals surface area contributed by atoms with Crippen molar-refractivity contribution in [3.63, 3.8) is 0 Å². The second kappa shape index (κ2) is 4.37. The van der Waals surface area contributed by atoms with Crippen LogP contribution in [0.15, 0.2) is 33.4 Å². The van der Waals surface area contributed by atoms with Gasteiger partial charge in [-0.15, -0.1) is 0 Å². The largest absolute Gasteiger partial charge is 0.411 e. The van der Waals surface area contributed by atoms with Crippen LogP contribution >= 0.6 is 27.5 Å². The molecular weight excluding hydrogens is 277 g/mol. The van der Waals surface area contributed by atoms with Gasteiger partial charge in [-0.1, -0.05) is 44.8 Å². The summed E-state index contributed by atoms with van der Waals surface area (Å²) >= 11 is 9.72. The van der Waals surface area contributed by atoms with E-state index in [9.17, 15) is 0 Å². The molecule has 1 aromatic rings. The zero-order valence-electron chi connectivity index (χ0n) is 7.87. The molecule has 0 fully saturated rings. The Morgan fingerprint density at radius 3 is 2.93 bits per heavy atom. The van der Waals surface area contributed by atoms with Crippen molar-refractivity contribution in [3.05, 3.63) is 39.4 Å². The average Bonchev–Trinajstić information content (AvgIpc) is 2.22. The molecule has 4 heteroatoms. The molecule has 78 valence electrons. The van der Waals surface area contributed by atoms with Crippen LogP contribution in [0.3, 0.4) is 0 Å². The smallest absolute Gasteiger partial charge is 0.0708 e. The molecule has 0 unspecified atom stereocenters. The monoisotopic (exact) mass is 285 g/mol. The first-order valence-electron chi connectivity index (χ1n) is 4.58. The minimum Gasteiger partial charge on any atom is -0.411 e. The average molecular weight is 287 g/mol. The highest BCUT2D eigenvalue weighted by Crippen LogP contribution is 2.37. The number of rotatable bonds is 1. The molecule has 2 nitrogen and oxygen atoms in total. The number of oxime groups is 1. The third-order valence-corrected chi connectivity index (χ3v) is 3.57. The summed E-state index contributed by atoms with van der Waals surface area (Å²) in [6.45, 7) is 0. The van der Waals surface area contributed by atoms with Gasteiger partial charge in [0.1, 0.15) is 0 Å². The highest BCUT2D eigenvalue weighted by molar-refractivity contribution is 9.10. The first-order valence-corrected chi connectivity index (χ1v) is 5.75. The summed E-state index contributed by atoms with van der Waals surface area (Å²) in [5.41, 5.74) is 3.11. The van der Waals surface area contributed by atoms with E-state index in [4.69, 9.17) is 16.8 Å². The summed E-state index contributed by atoms with van der Waals surface area (Å²) in [5, 5.41) is 12.2. The fourth-order valence-corrected chi connectivity index (χ4v) is 2.84. The van der Waals surface area contributed by atoms with E-state index in [1.165, 1.54) is 11.8 Å². The number of fused-ring (bicyclic) bond motifs is 1. The van der Waals surface area contributed by atoms with Crippen LogP contribution in [0.2, 0.25) is 0 Å². The number of benzene rings is 1. The van der Waals surface area contributed by atoms with Gasteiger partial charge in [-0.2, -0.15) is 0 Å². The lowest BCUT2D eigenvalue weighted by molar-refractivity contribution is 0.321. The summed E-state index contributed by atoms with van der Waals surface area (Å²) in [6.07, 6.45) is 3.14. The van der Waals surface area contributed by atoms with Crippen molar-refractivity contribution in [2.24, 2.45) is 5.16 Å². The second-order valence-electron chi connectivity index (χ2n) is 3.36. The molecule has 1 aliphatic rings. The molecule has 0 saturated heterocycles. The molecule has 0 radical (unpaired) electrons. The van der Waals surface area contributed by atoms with Gasteiger partial charge in [0.05, 0.1) is 11.2 Å². The number of hydrogen-bond acceptors (Lipinski definition) is 2. The van der Waals surface area contributed by atoms with Crippen molar-refractivity contribution in [1.82, 2.24) is 0 Å². The Morgan fingerprint density at radius 1 is 1.40 bits per heavy atom. The van der Waals surface area contributed by atoms with Crippen molar-refractivity contribution in [3.8, 4) is 0 Å². The Bertz CT molecular complexity index is 454. The molecule has 0 spiro atoms. The van der Waals surface area contributed by atoms with Crippen LogP contribution in [0, 0.1) is 0 Å². The Labute approximate surface area is 101 Å². The summed E-state index contributed by atoms with van der Waals surface area (Å²) in [7, 11) is 0. The minimum atomic E-state index is 0.668. The van der Waals surface area contributed by atoms with Gasteiger partial charge in [-0.05, 0) is 30.0 Å². The molecule has 0 bridgehead atoms. The molecular formula is C11H9BrClNO. The molecule has 1 aliphatic carbocycles. The van der Waals surface area contributed by atoms with Gasteiger partial charge in [-0.3, -0.25) is 0 Å². The Hall–Kier alpha value is -0.800. The maximum atomic E-state index is 8.52. The number of allylic oxidation sites excluding steroid dienone is 1. The SMILES string of the molecule is O/N=C/C1=C(Cl)c2c(Br)cccc2CC1. The van der Waals surface area contributed by atoms with Crippen molar-refractivity contribution in [2.75, 3.05) is 0 Å². The zero-order valence-corrected chi connectivity index (χ0v) is 10.2. The van der Waals surface area contributed by atoms with Crippen LogP contribution in [0.5, 0.6) is 0 Å². The first-order chi connectivity index (χ1) is 7.24. The van der Waals surface area contributed by atoms with Gasteiger partial charge >= 0.3 is 0 Å². The molecule has 0 saturated carbocycles. The number of hydrogen-bond donors (Lipinski definition) is 1. The third-order valence-electron chi connectivity index (χ3n) is 2.48. The summed E-state index contributed by atoms with van der Waals surface area (Å²) in [5.74, 6) is 0. The predicted molar refractivity (Wildman–Crippen MR) is 65.5 cm³/mol. The fraction of sp³-hybridized carbons (Fsp3) is 0.182. The van der Waals surface area contributed by atoms with Crippen molar-refractivity contribution < 1.29 is 5.21 Å². The van der Waals surface area contributed by atoms with E-state index in [0.717, 1.165) is 28.5 Å². The van der Waals surface area contributed by atoms with Crippen molar-refractivity contribution >= 4 is 38.8 Å². The second-order valence-corrected chi connectivity index (χ2v) is 4.59.